The van der Waals surface area contributed by atoms with E-state index in [0.29, 0.717) is 29.8 Å². The number of rotatable bonds is 5. The van der Waals surface area contributed by atoms with E-state index in [2.05, 4.69) is 5.10 Å². The van der Waals surface area contributed by atoms with E-state index in [1.165, 1.54) is 35.1 Å². The van der Waals surface area contributed by atoms with Gasteiger partial charge in [-0.1, -0.05) is 12.1 Å². The first-order valence-corrected chi connectivity index (χ1v) is 9.44. The molecule has 0 aliphatic heterocycles. The fourth-order valence-corrected chi connectivity index (χ4v) is 3.47. The summed E-state index contributed by atoms with van der Waals surface area (Å²) in [6.45, 7) is 0. The Hall–Kier alpha value is -3.48. The minimum atomic E-state index is -0.368. The van der Waals surface area contributed by atoms with Crippen LogP contribution in [-0.4, -0.2) is 27.5 Å². The van der Waals surface area contributed by atoms with Crippen LogP contribution in [0.15, 0.2) is 54.7 Å². The second-order valence-electron chi connectivity index (χ2n) is 7.06. The molecule has 2 N–H and O–H groups in total. The molecule has 1 atom stereocenters. The van der Waals surface area contributed by atoms with E-state index in [4.69, 9.17) is 10.5 Å². The maximum absolute atomic E-state index is 13.1. The number of hydrogen-bond donors (Lipinski definition) is 1. The molecule has 1 unspecified atom stereocenters. The molecule has 2 aromatic carbocycles. The van der Waals surface area contributed by atoms with Crippen LogP contribution in [0.3, 0.4) is 0 Å². The SMILES string of the molecule is Nc1c(C(=O)c2cccc(OC3CCCC(=O)C3)c2)cnn1-c1ccc(F)cc1. The highest BCUT2D eigenvalue weighted by Gasteiger charge is 2.22. The molecular weight excluding hydrogens is 373 g/mol. The van der Waals surface area contributed by atoms with Crippen LogP contribution in [0.2, 0.25) is 0 Å². The number of halogens is 1. The molecule has 0 radical (unpaired) electrons. The van der Waals surface area contributed by atoms with E-state index >= 15 is 0 Å². The first kappa shape index (κ1) is 18.9. The summed E-state index contributed by atoms with van der Waals surface area (Å²) in [5.41, 5.74) is 7.35. The number of hydrogen-bond acceptors (Lipinski definition) is 5. The van der Waals surface area contributed by atoms with E-state index in [-0.39, 0.29) is 34.9 Å². The van der Waals surface area contributed by atoms with Gasteiger partial charge in [-0.3, -0.25) is 9.59 Å². The number of carbonyl (C=O) groups is 2. The Kier molecular flexibility index (Phi) is 5.12. The predicted molar refractivity (Wildman–Crippen MR) is 106 cm³/mol. The molecule has 148 valence electrons. The van der Waals surface area contributed by atoms with E-state index in [1.807, 2.05) is 0 Å². The van der Waals surface area contributed by atoms with Gasteiger partial charge in [0.2, 0.25) is 0 Å². The van der Waals surface area contributed by atoms with E-state index in [0.717, 1.165) is 12.8 Å². The zero-order chi connectivity index (χ0) is 20.4. The summed E-state index contributed by atoms with van der Waals surface area (Å²) >= 11 is 0. The first-order chi connectivity index (χ1) is 14.0. The monoisotopic (exact) mass is 393 g/mol. The third kappa shape index (κ3) is 4.03. The Morgan fingerprint density at radius 2 is 2.00 bits per heavy atom. The van der Waals surface area contributed by atoms with Gasteiger partial charge in [0.25, 0.3) is 0 Å². The quantitative estimate of drug-likeness (QED) is 0.668. The number of benzene rings is 2. The van der Waals surface area contributed by atoms with Crippen molar-refractivity contribution in [2.45, 2.75) is 31.8 Å². The number of carbonyl (C=O) groups excluding carboxylic acids is 2. The molecule has 3 aromatic rings. The smallest absolute Gasteiger partial charge is 0.198 e. The highest BCUT2D eigenvalue weighted by molar-refractivity contribution is 6.11. The average molecular weight is 393 g/mol. The van der Waals surface area contributed by atoms with Crippen LogP contribution in [0, 0.1) is 5.82 Å². The largest absolute Gasteiger partial charge is 0.490 e. The Morgan fingerprint density at radius 1 is 1.21 bits per heavy atom. The summed E-state index contributed by atoms with van der Waals surface area (Å²) in [7, 11) is 0. The second-order valence-corrected chi connectivity index (χ2v) is 7.06. The normalized spacial score (nSPS) is 16.6. The fraction of sp³-hybridized carbons (Fsp3) is 0.227. The number of nitrogens with two attached hydrogens (primary N) is 1. The molecule has 1 aromatic heterocycles. The van der Waals surface area contributed by atoms with Crippen LogP contribution in [0.4, 0.5) is 10.2 Å². The van der Waals surface area contributed by atoms with Gasteiger partial charge in [-0.25, -0.2) is 9.07 Å². The van der Waals surface area contributed by atoms with Crippen LogP contribution in [0.5, 0.6) is 5.75 Å². The summed E-state index contributed by atoms with van der Waals surface area (Å²) < 4.78 is 20.4. The van der Waals surface area contributed by atoms with Crippen molar-refractivity contribution in [3.05, 3.63) is 71.7 Å². The predicted octanol–water partition coefficient (Wildman–Crippen LogP) is 3.72. The summed E-state index contributed by atoms with van der Waals surface area (Å²) in [5.74, 6) is 0.258. The first-order valence-electron chi connectivity index (χ1n) is 9.44. The van der Waals surface area contributed by atoms with Gasteiger partial charge in [0.1, 0.15) is 29.3 Å². The lowest BCUT2D eigenvalue weighted by Gasteiger charge is -2.22. The second kappa shape index (κ2) is 7.87. The molecule has 6 nitrogen and oxygen atoms in total. The molecule has 0 amide bonds. The summed E-state index contributed by atoms with van der Waals surface area (Å²) in [6.07, 6.45) is 3.88. The molecule has 1 heterocycles. The Labute approximate surface area is 167 Å². The molecule has 1 fully saturated rings. The average Bonchev–Trinajstić information content (AvgIpc) is 3.09. The van der Waals surface area contributed by atoms with Gasteiger partial charge < -0.3 is 10.5 Å². The van der Waals surface area contributed by atoms with Crippen molar-refractivity contribution in [2.75, 3.05) is 5.73 Å². The molecule has 1 saturated carbocycles. The van der Waals surface area contributed by atoms with Crippen molar-refractivity contribution < 1.29 is 18.7 Å². The molecule has 29 heavy (non-hydrogen) atoms. The maximum atomic E-state index is 13.1. The zero-order valence-corrected chi connectivity index (χ0v) is 15.7. The lowest BCUT2D eigenvalue weighted by Crippen LogP contribution is -2.25. The van der Waals surface area contributed by atoms with Crippen LogP contribution in [-0.2, 0) is 4.79 Å². The van der Waals surface area contributed by atoms with Gasteiger partial charge in [0, 0.05) is 18.4 Å². The molecular formula is C22H20FN3O3. The van der Waals surface area contributed by atoms with E-state index in [9.17, 15) is 14.0 Å². The minimum Gasteiger partial charge on any atom is -0.490 e. The maximum Gasteiger partial charge on any atom is 0.198 e. The van der Waals surface area contributed by atoms with Gasteiger partial charge in [-0.15, -0.1) is 0 Å². The molecule has 0 spiro atoms. The molecule has 7 heteroatoms. The number of ether oxygens (including phenoxy) is 1. The van der Waals surface area contributed by atoms with Crippen molar-refractivity contribution >= 4 is 17.4 Å². The van der Waals surface area contributed by atoms with Crippen LogP contribution >= 0.6 is 0 Å². The number of nitrogens with zero attached hydrogens (tertiary/aromatic N) is 2. The molecule has 0 bridgehead atoms. The number of anilines is 1. The number of ketones is 2. The minimum absolute atomic E-state index is 0.159. The Morgan fingerprint density at radius 3 is 2.76 bits per heavy atom. The van der Waals surface area contributed by atoms with E-state index in [1.54, 1.807) is 24.3 Å². The zero-order valence-electron chi connectivity index (χ0n) is 15.7. The molecule has 0 saturated heterocycles. The van der Waals surface area contributed by atoms with E-state index < -0.39 is 0 Å². The van der Waals surface area contributed by atoms with Gasteiger partial charge in [-0.2, -0.15) is 5.10 Å². The molecule has 1 aliphatic carbocycles. The Balaban J connectivity index is 1.55. The number of Topliss-reactive ketones (excluding diaryl/α,β-unsaturated/α-hetero) is 1. The summed E-state index contributed by atoms with van der Waals surface area (Å²) in [5, 5.41) is 4.17. The van der Waals surface area contributed by atoms with Crippen molar-refractivity contribution in [1.82, 2.24) is 9.78 Å². The number of nitrogen functional groups attached to an aromatic ring is 1. The lowest BCUT2D eigenvalue weighted by atomic mass is 9.96. The highest BCUT2D eigenvalue weighted by atomic mass is 19.1. The van der Waals surface area contributed by atoms with Crippen LogP contribution in [0.25, 0.3) is 5.69 Å². The standard InChI is InChI=1S/C22H20FN3O3/c23-15-7-9-16(10-8-15)26-22(24)20(13-25-26)21(28)14-3-1-5-18(11-14)29-19-6-2-4-17(27)12-19/h1,3,5,7-11,13,19H,2,4,6,12,24H2. The van der Waals surface area contributed by atoms with Gasteiger partial charge in [-0.05, 0) is 49.2 Å². The van der Waals surface area contributed by atoms with Gasteiger partial charge in [0.15, 0.2) is 5.78 Å². The fourth-order valence-electron chi connectivity index (χ4n) is 3.47. The molecule has 1 aliphatic rings. The summed E-state index contributed by atoms with van der Waals surface area (Å²) in [6, 6.07) is 12.5. The van der Waals surface area contributed by atoms with Gasteiger partial charge in [0.05, 0.1) is 17.4 Å². The van der Waals surface area contributed by atoms with Crippen LogP contribution < -0.4 is 10.5 Å². The third-order valence-corrected chi connectivity index (χ3v) is 4.96. The highest BCUT2D eigenvalue weighted by Crippen LogP contribution is 2.25. The van der Waals surface area contributed by atoms with Crippen LogP contribution in [0.1, 0.15) is 41.6 Å². The number of aromatic nitrogens is 2. The molecule has 4 rings (SSSR count). The lowest BCUT2D eigenvalue weighted by molar-refractivity contribution is -0.122. The third-order valence-electron chi connectivity index (χ3n) is 4.96. The van der Waals surface area contributed by atoms with Crippen molar-refractivity contribution in [2.24, 2.45) is 0 Å². The van der Waals surface area contributed by atoms with Crippen molar-refractivity contribution in [3.63, 3.8) is 0 Å². The van der Waals surface area contributed by atoms with Crippen molar-refractivity contribution in [3.8, 4) is 11.4 Å². The van der Waals surface area contributed by atoms with Gasteiger partial charge >= 0.3 is 0 Å². The summed E-state index contributed by atoms with van der Waals surface area (Å²) in [4.78, 5) is 24.6. The van der Waals surface area contributed by atoms with Crippen molar-refractivity contribution in [1.29, 1.82) is 0 Å². The Bertz CT molecular complexity index is 1060. The topological polar surface area (TPSA) is 87.2 Å².